The van der Waals surface area contributed by atoms with Crippen LogP contribution in [0.15, 0.2) is 48.7 Å². The fraction of sp³-hybridized carbons (Fsp3) is 0.448. The minimum atomic E-state index is -0.225. The van der Waals surface area contributed by atoms with Gasteiger partial charge >= 0.3 is 0 Å². The second-order valence-corrected chi connectivity index (χ2v) is 10.3. The normalized spacial score (nSPS) is 19.8. The molecule has 1 saturated heterocycles. The highest BCUT2D eigenvalue weighted by molar-refractivity contribution is 5.99. The molecule has 0 bridgehead atoms. The van der Waals surface area contributed by atoms with Gasteiger partial charge in [0.05, 0.1) is 13.1 Å². The first-order valence-electron chi connectivity index (χ1n) is 12.7. The van der Waals surface area contributed by atoms with Crippen molar-refractivity contribution in [1.82, 2.24) is 15.1 Å². The lowest BCUT2D eigenvalue weighted by atomic mass is 9.91. The van der Waals surface area contributed by atoms with E-state index < -0.39 is 0 Å². The minimum Gasteiger partial charge on any atom is -0.488 e. The molecule has 2 aliphatic heterocycles. The molecule has 2 heterocycles. The van der Waals surface area contributed by atoms with Crippen LogP contribution in [0.1, 0.15) is 60.7 Å². The molecule has 2 aromatic rings. The van der Waals surface area contributed by atoms with E-state index in [1.165, 1.54) is 6.42 Å². The summed E-state index contributed by atoms with van der Waals surface area (Å²) in [4.78, 5) is 28.5. The Morgan fingerprint density at radius 2 is 1.83 bits per heavy atom. The van der Waals surface area contributed by atoms with Crippen LogP contribution in [0.2, 0.25) is 0 Å². The largest absolute Gasteiger partial charge is 0.488 e. The summed E-state index contributed by atoms with van der Waals surface area (Å²) < 4.78 is 21.4. The van der Waals surface area contributed by atoms with Crippen molar-refractivity contribution >= 4 is 11.8 Å². The van der Waals surface area contributed by atoms with Gasteiger partial charge in [0.15, 0.2) is 0 Å². The number of carbonyl (C=O) groups excluding carboxylic acids is 2. The van der Waals surface area contributed by atoms with Gasteiger partial charge in [-0.15, -0.1) is 0 Å². The molecule has 36 heavy (non-hydrogen) atoms. The summed E-state index contributed by atoms with van der Waals surface area (Å²) in [5.41, 5.74) is 2.99. The molecular weight excluding hydrogens is 457 g/mol. The number of nitrogens with zero attached hydrogens (tertiary/aromatic N) is 2. The lowest BCUT2D eigenvalue weighted by Gasteiger charge is -2.35. The maximum absolute atomic E-state index is 15.4. The number of amides is 2. The van der Waals surface area contributed by atoms with Crippen molar-refractivity contribution in [3.8, 4) is 5.75 Å². The van der Waals surface area contributed by atoms with Crippen molar-refractivity contribution in [3.05, 3.63) is 76.7 Å². The monoisotopic (exact) mass is 493 g/mol. The Labute approximate surface area is 213 Å². The summed E-state index contributed by atoms with van der Waals surface area (Å²) in [6.45, 7) is 13.4. The van der Waals surface area contributed by atoms with Crippen molar-refractivity contribution in [3.63, 3.8) is 0 Å². The number of likely N-dealkylation sites (tertiary alicyclic amines) is 1. The molecule has 1 fully saturated rings. The molecule has 0 aliphatic carbocycles. The third-order valence-electron chi connectivity index (χ3n) is 6.90. The molecule has 1 N–H and O–H groups in total. The van der Waals surface area contributed by atoms with Crippen LogP contribution in [0.3, 0.4) is 0 Å². The van der Waals surface area contributed by atoms with Crippen molar-refractivity contribution in [2.45, 2.75) is 53.3 Å². The number of ether oxygens (including phenoxy) is 1. The highest BCUT2D eigenvalue weighted by atomic mass is 19.1. The Kier molecular flexibility index (Phi) is 8.09. The van der Waals surface area contributed by atoms with Gasteiger partial charge in [0.2, 0.25) is 5.91 Å². The molecule has 0 radical (unpaired) electrons. The lowest BCUT2D eigenvalue weighted by Crippen LogP contribution is -2.38. The molecule has 0 aromatic heterocycles. The number of piperidine rings is 1. The van der Waals surface area contributed by atoms with Gasteiger partial charge in [-0.1, -0.05) is 51.6 Å². The van der Waals surface area contributed by atoms with E-state index in [1.54, 1.807) is 30.0 Å². The summed E-state index contributed by atoms with van der Waals surface area (Å²) in [5.74, 6) is 1.30. The predicted molar refractivity (Wildman–Crippen MR) is 138 cm³/mol. The highest BCUT2D eigenvalue weighted by Crippen LogP contribution is 2.32. The summed E-state index contributed by atoms with van der Waals surface area (Å²) in [6.07, 6.45) is 1.56. The van der Waals surface area contributed by atoms with Crippen molar-refractivity contribution < 1.29 is 18.7 Å². The lowest BCUT2D eigenvalue weighted by molar-refractivity contribution is -0.120. The highest BCUT2D eigenvalue weighted by Gasteiger charge is 2.30. The quantitative estimate of drug-likeness (QED) is 0.541. The number of benzene rings is 2. The fourth-order valence-electron chi connectivity index (χ4n) is 5.36. The van der Waals surface area contributed by atoms with Crippen molar-refractivity contribution in [2.24, 2.45) is 11.8 Å². The smallest absolute Gasteiger partial charge is 0.254 e. The second-order valence-electron chi connectivity index (χ2n) is 10.3. The van der Waals surface area contributed by atoms with E-state index in [1.807, 2.05) is 18.2 Å². The Bertz CT molecular complexity index is 1140. The Hall–Kier alpha value is -3.19. The molecule has 2 amide bonds. The maximum atomic E-state index is 15.4. The van der Waals surface area contributed by atoms with Gasteiger partial charge in [-0.2, -0.15) is 0 Å². The molecule has 2 aliphatic rings. The summed E-state index contributed by atoms with van der Waals surface area (Å²) in [6, 6.07) is 10.8. The van der Waals surface area contributed by atoms with Crippen molar-refractivity contribution in [2.75, 3.05) is 19.6 Å². The molecule has 192 valence electrons. The first kappa shape index (κ1) is 25.9. The Morgan fingerprint density at radius 3 is 2.56 bits per heavy atom. The first-order chi connectivity index (χ1) is 17.2. The van der Waals surface area contributed by atoms with Gasteiger partial charge in [0, 0.05) is 54.0 Å². The average Bonchev–Trinajstić information content (AvgIpc) is 3.14. The number of fused-ring (bicyclic) bond motifs is 1. The van der Waals surface area contributed by atoms with Crippen LogP contribution in [-0.2, 0) is 24.5 Å². The van der Waals surface area contributed by atoms with Gasteiger partial charge in [0.1, 0.15) is 18.2 Å². The third kappa shape index (κ3) is 5.95. The Morgan fingerprint density at radius 1 is 1.14 bits per heavy atom. The molecule has 0 spiro atoms. The van der Waals surface area contributed by atoms with E-state index in [0.29, 0.717) is 59.5 Å². The number of carbonyl (C=O) groups is 2. The SMILES string of the molecule is C=C(CN1Cc2c(OCc3cccc(CN4CC(C)CC(C)C4)c3F)cccc2C1=O)NC(=O)CC. The number of rotatable bonds is 9. The average molecular weight is 494 g/mol. The molecule has 2 unspecified atom stereocenters. The molecule has 6 nitrogen and oxygen atoms in total. The maximum Gasteiger partial charge on any atom is 0.254 e. The van der Waals surface area contributed by atoms with Crippen LogP contribution >= 0.6 is 0 Å². The zero-order valence-electron chi connectivity index (χ0n) is 21.5. The van der Waals surface area contributed by atoms with E-state index in [4.69, 9.17) is 4.74 Å². The molecule has 2 atom stereocenters. The van der Waals surface area contributed by atoms with Crippen LogP contribution in [0.4, 0.5) is 4.39 Å². The molecular formula is C29H36FN3O3. The zero-order valence-corrected chi connectivity index (χ0v) is 21.5. The second kappa shape index (κ2) is 11.2. The molecule has 0 saturated carbocycles. The van der Waals surface area contributed by atoms with Crippen molar-refractivity contribution in [1.29, 1.82) is 0 Å². The van der Waals surface area contributed by atoms with Gasteiger partial charge < -0.3 is 15.0 Å². The van der Waals surface area contributed by atoms with Crippen LogP contribution in [0.5, 0.6) is 5.75 Å². The van der Waals surface area contributed by atoms with Crippen LogP contribution in [-0.4, -0.2) is 41.2 Å². The molecule has 7 heteroatoms. The molecule has 4 rings (SSSR count). The number of nitrogens with one attached hydrogen (secondary N) is 1. The van der Waals surface area contributed by atoms with E-state index in [2.05, 4.69) is 30.6 Å². The fourth-order valence-corrected chi connectivity index (χ4v) is 5.36. The van der Waals surface area contributed by atoms with Gasteiger partial charge in [-0.3, -0.25) is 14.5 Å². The summed E-state index contributed by atoms with van der Waals surface area (Å²) >= 11 is 0. The number of hydrogen-bond donors (Lipinski definition) is 1. The van der Waals surface area contributed by atoms with E-state index >= 15 is 4.39 Å². The summed E-state index contributed by atoms with van der Waals surface area (Å²) in [5, 5.41) is 2.71. The predicted octanol–water partition coefficient (Wildman–Crippen LogP) is 4.88. The Balaban J connectivity index is 1.42. The van der Waals surface area contributed by atoms with E-state index in [-0.39, 0.29) is 30.8 Å². The number of halogens is 1. The van der Waals surface area contributed by atoms with Gasteiger partial charge in [-0.25, -0.2) is 4.39 Å². The van der Waals surface area contributed by atoms with Crippen LogP contribution < -0.4 is 10.1 Å². The van der Waals surface area contributed by atoms with Crippen LogP contribution in [0.25, 0.3) is 0 Å². The number of hydrogen-bond acceptors (Lipinski definition) is 4. The summed E-state index contributed by atoms with van der Waals surface area (Å²) in [7, 11) is 0. The standard InChI is InChI=1S/C29H36FN3O3/c1-5-27(34)31-21(4)15-33-17-25-24(29(33)35)10-7-11-26(25)36-18-23-9-6-8-22(28(23)30)16-32-13-19(2)12-20(3)14-32/h6-11,19-20H,4-5,12-18H2,1-3H3,(H,31,34). The zero-order chi connectivity index (χ0) is 25.8. The third-order valence-corrected chi connectivity index (χ3v) is 6.90. The first-order valence-corrected chi connectivity index (χ1v) is 12.7. The van der Waals surface area contributed by atoms with E-state index in [0.717, 1.165) is 18.7 Å². The van der Waals surface area contributed by atoms with Gasteiger partial charge in [0.25, 0.3) is 5.91 Å². The van der Waals surface area contributed by atoms with E-state index in [9.17, 15) is 9.59 Å². The van der Waals surface area contributed by atoms with Crippen LogP contribution in [0, 0.1) is 17.7 Å². The van der Waals surface area contributed by atoms with Gasteiger partial charge in [-0.05, 0) is 30.4 Å². The topological polar surface area (TPSA) is 61.9 Å². The molecule has 2 aromatic carbocycles. The minimum absolute atomic E-state index is 0.0798.